The quantitative estimate of drug-likeness (QED) is 0.863. The Morgan fingerprint density at radius 3 is 2.04 bits per heavy atom. The molecule has 2 aromatic carbocycles. The monoisotopic (exact) mass is 358 g/mol. The number of hydrogen-bond acceptors (Lipinski definition) is 4. The molecule has 3 rings (SSSR count). The number of hydrogen-bond donors (Lipinski definition) is 2. The fraction of sp³-hybridized carbons (Fsp3) is 0.263. The molecular weight excluding hydrogens is 339 g/mol. The minimum absolute atomic E-state index is 0.0187. The summed E-state index contributed by atoms with van der Waals surface area (Å²) in [4.78, 5) is 28.2. The zero-order valence-corrected chi connectivity index (χ0v) is 14.1. The van der Waals surface area contributed by atoms with E-state index in [2.05, 4.69) is 0 Å². The fourth-order valence-electron chi connectivity index (χ4n) is 3.03. The van der Waals surface area contributed by atoms with Gasteiger partial charge in [0.15, 0.2) is 0 Å². The van der Waals surface area contributed by atoms with Crippen LogP contribution in [0.2, 0.25) is 0 Å². The van der Waals surface area contributed by atoms with Gasteiger partial charge in [0.2, 0.25) is 0 Å². The van der Waals surface area contributed by atoms with Crippen LogP contribution in [-0.2, 0) is 0 Å². The maximum absolute atomic E-state index is 13.8. The van der Waals surface area contributed by atoms with Gasteiger partial charge in [0.1, 0.15) is 17.3 Å². The average molecular weight is 358 g/mol. The Bertz CT molecular complexity index is 820. The molecule has 0 spiro atoms. The maximum Gasteiger partial charge on any atom is 0.256 e. The van der Waals surface area contributed by atoms with E-state index in [9.17, 15) is 24.2 Å². The van der Waals surface area contributed by atoms with Crippen LogP contribution in [-0.4, -0.2) is 58.0 Å². The number of phenols is 2. The van der Waals surface area contributed by atoms with Crippen LogP contribution < -0.4 is 0 Å². The zero-order chi connectivity index (χ0) is 18.7. The van der Waals surface area contributed by atoms with Crippen LogP contribution in [0.5, 0.6) is 11.5 Å². The van der Waals surface area contributed by atoms with Gasteiger partial charge in [-0.25, -0.2) is 4.39 Å². The summed E-state index contributed by atoms with van der Waals surface area (Å²) >= 11 is 0. The minimum Gasteiger partial charge on any atom is -0.508 e. The van der Waals surface area contributed by atoms with Crippen molar-refractivity contribution in [3.63, 3.8) is 0 Å². The Labute approximate surface area is 150 Å². The Morgan fingerprint density at radius 2 is 1.42 bits per heavy atom. The van der Waals surface area contributed by atoms with Gasteiger partial charge >= 0.3 is 0 Å². The normalized spacial score (nSPS) is 14.8. The molecule has 2 amide bonds. The van der Waals surface area contributed by atoms with Crippen LogP contribution in [0, 0.1) is 5.82 Å². The van der Waals surface area contributed by atoms with E-state index in [1.54, 1.807) is 11.0 Å². The van der Waals surface area contributed by atoms with Crippen molar-refractivity contribution in [2.24, 2.45) is 0 Å². The first kappa shape index (κ1) is 17.7. The second kappa shape index (κ2) is 7.43. The first-order chi connectivity index (χ1) is 12.5. The average Bonchev–Trinajstić information content (AvgIpc) is 2.86. The maximum atomic E-state index is 13.8. The second-order valence-corrected chi connectivity index (χ2v) is 6.16. The third-order valence-electron chi connectivity index (χ3n) is 4.32. The topological polar surface area (TPSA) is 81.1 Å². The molecule has 0 bridgehead atoms. The highest BCUT2D eigenvalue weighted by atomic mass is 19.1. The summed E-state index contributed by atoms with van der Waals surface area (Å²) in [6, 6.07) is 9.55. The molecule has 2 N–H and O–H groups in total. The first-order valence-electron chi connectivity index (χ1n) is 8.32. The SMILES string of the molecule is O=C(c1cc(O)cc(O)c1)N1CCCN(C(=O)c2ccccc2F)CC1. The van der Waals surface area contributed by atoms with Crippen molar-refractivity contribution in [2.75, 3.05) is 26.2 Å². The Hall–Kier alpha value is -3.09. The standard InChI is InChI=1S/C19H19FN2O4/c20-17-5-2-1-4-16(17)19(26)22-7-3-6-21(8-9-22)18(25)13-10-14(23)12-15(24)11-13/h1-2,4-5,10-12,23-24H,3,6-9H2. The molecule has 0 unspecified atom stereocenters. The van der Waals surface area contributed by atoms with Gasteiger partial charge in [-0.1, -0.05) is 12.1 Å². The number of carbonyl (C=O) groups excluding carboxylic acids is 2. The van der Waals surface area contributed by atoms with Gasteiger partial charge in [0, 0.05) is 37.8 Å². The van der Waals surface area contributed by atoms with Crippen LogP contribution in [0.4, 0.5) is 4.39 Å². The largest absolute Gasteiger partial charge is 0.508 e. The molecule has 7 heteroatoms. The number of aromatic hydroxyl groups is 2. The summed E-state index contributed by atoms with van der Waals surface area (Å²) in [6.07, 6.45) is 0.552. The van der Waals surface area contributed by atoms with Gasteiger partial charge in [-0.3, -0.25) is 9.59 Å². The fourth-order valence-corrected chi connectivity index (χ4v) is 3.03. The van der Waals surface area contributed by atoms with E-state index < -0.39 is 11.7 Å². The van der Waals surface area contributed by atoms with E-state index >= 15 is 0 Å². The molecule has 136 valence electrons. The number of carbonyl (C=O) groups is 2. The number of benzene rings is 2. The van der Waals surface area contributed by atoms with Crippen molar-refractivity contribution in [1.82, 2.24) is 9.80 Å². The predicted octanol–water partition coefficient (Wildman–Crippen LogP) is 2.23. The number of rotatable bonds is 2. The third-order valence-corrected chi connectivity index (χ3v) is 4.32. The van der Waals surface area contributed by atoms with Gasteiger partial charge in [0.05, 0.1) is 5.56 Å². The molecule has 1 fully saturated rings. The van der Waals surface area contributed by atoms with E-state index in [1.807, 2.05) is 0 Å². The molecule has 1 saturated heterocycles. The molecule has 6 nitrogen and oxygen atoms in total. The summed E-state index contributed by atoms with van der Waals surface area (Å²) in [6.45, 7) is 1.41. The van der Waals surface area contributed by atoms with Gasteiger partial charge in [0.25, 0.3) is 11.8 Å². The highest BCUT2D eigenvalue weighted by molar-refractivity contribution is 5.96. The first-order valence-corrected chi connectivity index (χ1v) is 8.32. The highest BCUT2D eigenvalue weighted by Gasteiger charge is 2.25. The number of amides is 2. The second-order valence-electron chi connectivity index (χ2n) is 6.16. The molecule has 1 aliphatic heterocycles. The molecular formula is C19H19FN2O4. The predicted molar refractivity (Wildman–Crippen MR) is 92.6 cm³/mol. The van der Waals surface area contributed by atoms with Crippen molar-refractivity contribution in [1.29, 1.82) is 0 Å². The number of phenolic OH excluding ortho intramolecular Hbond substituents is 2. The third kappa shape index (κ3) is 3.77. The molecule has 1 aliphatic rings. The van der Waals surface area contributed by atoms with Crippen molar-refractivity contribution in [3.05, 3.63) is 59.4 Å². The lowest BCUT2D eigenvalue weighted by Crippen LogP contribution is -2.37. The van der Waals surface area contributed by atoms with Crippen LogP contribution >= 0.6 is 0 Å². The van der Waals surface area contributed by atoms with Gasteiger partial charge in [-0.05, 0) is 30.7 Å². The molecule has 1 heterocycles. The molecule has 0 atom stereocenters. The van der Waals surface area contributed by atoms with Crippen molar-refractivity contribution in [2.45, 2.75) is 6.42 Å². The van der Waals surface area contributed by atoms with E-state index in [-0.39, 0.29) is 41.6 Å². The summed E-state index contributed by atoms with van der Waals surface area (Å²) in [5.74, 6) is -1.69. The zero-order valence-electron chi connectivity index (χ0n) is 14.1. The van der Waals surface area contributed by atoms with Crippen LogP contribution in [0.1, 0.15) is 27.1 Å². The van der Waals surface area contributed by atoms with E-state index in [4.69, 9.17) is 0 Å². The molecule has 2 aromatic rings. The lowest BCUT2D eigenvalue weighted by Gasteiger charge is -2.22. The molecule has 26 heavy (non-hydrogen) atoms. The summed E-state index contributed by atoms with van der Waals surface area (Å²) in [5, 5.41) is 19.1. The van der Waals surface area contributed by atoms with Crippen LogP contribution in [0.15, 0.2) is 42.5 Å². The Morgan fingerprint density at radius 1 is 0.846 bits per heavy atom. The smallest absolute Gasteiger partial charge is 0.256 e. The lowest BCUT2D eigenvalue weighted by atomic mass is 10.1. The van der Waals surface area contributed by atoms with E-state index in [0.29, 0.717) is 19.5 Å². The van der Waals surface area contributed by atoms with Crippen molar-refractivity contribution < 1.29 is 24.2 Å². The Balaban J connectivity index is 1.71. The van der Waals surface area contributed by atoms with Gasteiger partial charge in [-0.15, -0.1) is 0 Å². The lowest BCUT2D eigenvalue weighted by molar-refractivity contribution is 0.0716. The summed E-state index contributed by atoms with van der Waals surface area (Å²) < 4.78 is 13.8. The van der Waals surface area contributed by atoms with Crippen molar-refractivity contribution in [3.8, 4) is 11.5 Å². The van der Waals surface area contributed by atoms with E-state index in [1.165, 1.54) is 35.2 Å². The summed E-state index contributed by atoms with van der Waals surface area (Å²) in [5.41, 5.74) is 0.196. The molecule has 0 aromatic heterocycles. The Kier molecular flexibility index (Phi) is 5.06. The molecule has 0 saturated carbocycles. The number of nitrogens with zero attached hydrogens (tertiary/aromatic N) is 2. The van der Waals surface area contributed by atoms with Crippen LogP contribution in [0.3, 0.4) is 0 Å². The van der Waals surface area contributed by atoms with Crippen molar-refractivity contribution >= 4 is 11.8 Å². The van der Waals surface area contributed by atoms with E-state index in [0.717, 1.165) is 6.07 Å². The van der Waals surface area contributed by atoms with Crippen LogP contribution in [0.25, 0.3) is 0 Å². The van der Waals surface area contributed by atoms with Gasteiger partial charge < -0.3 is 20.0 Å². The summed E-state index contributed by atoms with van der Waals surface area (Å²) in [7, 11) is 0. The highest BCUT2D eigenvalue weighted by Crippen LogP contribution is 2.22. The molecule has 0 aliphatic carbocycles. The minimum atomic E-state index is -0.565. The molecule has 0 radical (unpaired) electrons. The number of halogens is 1. The van der Waals surface area contributed by atoms with Gasteiger partial charge in [-0.2, -0.15) is 0 Å².